The summed E-state index contributed by atoms with van der Waals surface area (Å²) >= 11 is 1.65. The maximum Gasteiger partial charge on any atom is 0.261 e. The van der Waals surface area contributed by atoms with Gasteiger partial charge in [-0.1, -0.05) is 6.92 Å². The largest absolute Gasteiger partial charge is 0.370 e. The van der Waals surface area contributed by atoms with Crippen LogP contribution < -0.4 is 5.32 Å². The Balaban J connectivity index is 1.42. The number of likely N-dealkylation sites (tertiary alicyclic amines) is 1. The Morgan fingerprint density at radius 1 is 1.33 bits per heavy atom. The standard InChI is InChI=1S/C21H27N3O2S/c1-2-24-12-7-21(8-13-24)17-15-19(27-18(17)6-14-26-21)20(25)23-11-5-16-3-9-22-10-4-16/h3-4,9-10,15H,2,5-8,11-14H2,1H3,(H,23,25). The van der Waals surface area contributed by atoms with Gasteiger partial charge in [-0.3, -0.25) is 9.78 Å². The van der Waals surface area contributed by atoms with Crippen molar-refractivity contribution in [2.24, 2.45) is 0 Å². The van der Waals surface area contributed by atoms with Crippen molar-refractivity contribution >= 4 is 17.2 Å². The summed E-state index contributed by atoms with van der Waals surface area (Å²) < 4.78 is 6.30. The quantitative estimate of drug-likeness (QED) is 0.860. The van der Waals surface area contributed by atoms with E-state index in [1.54, 1.807) is 23.7 Å². The molecule has 0 aromatic carbocycles. The van der Waals surface area contributed by atoms with Crippen molar-refractivity contribution in [2.45, 2.75) is 38.2 Å². The van der Waals surface area contributed by atoms with Gasteiger partial charge in [-0.15, -0.1) is 11.3 Å². The lowest BCUT2D eigenvalue weighted by molar-refractivity contribution is -0.0964. The van der Waals surface area contributed by atoms with Gasteiger partial charge in [0.2, 0.25) is 0 Å². The Hall–Kier alpha value is -1.76. The van der Waals surface area contributed by atoms with Crippen LogP contribution in [0.3, 0.4) is 0 Å². The maximum atomic E-state index is 12.7. The van der Waals surface area contributed by atoms with Crippen LogP contribution in [0, 0.1) is 0 Å². The van der Waals surface area contributed by atoms with E-state index < -0.39 is 0 Å². The second kappa shape index (κ2) is 8.09. The first-order valence-corrected chi connectivity index (χ1v) is 10.7. The van der Waals surface area contributed by atoms with E-state index in [0.29, 0.717) is 6.54 Å². The zero-order valence-corrected chi connectivity index (χ0v) is 16.7. The molecule has 0 aliphatic carbocycles. The molecular formula is C21H27N3O2S. The monoisotopic (exact) mass is 385 g/mol. The van der Waals surface area contributed by atoms with E-state index in [-0.39, 0.29) is 11.5 Å². The van der Waals surface area contributed by atoms with Crippen molar-refractivity contribution in [3.05, 3.63) is 51.5 Å². The number of pyridine rings is 1. The number of amides is 1. The van der Waals surface area contributed by atoms with Gasteiger partial charge in [-0.2, -0.15) is 0 Å². The number of thiophene rings is 1. The molecule has 0 atom stereocenters. The smallest absolute Gasteiger partial charge is 0.261 e. The van der Waals surface area contributed by atoms with Gasteiger partial charge in [0.25, 0.3) is 5.91 Å². The molecule has 2 aliphatic rings. The molecule has 1 amide bonds. The number of carbonyl (C=O) groups excluding carboxylic acids is 1. The Morgan fingerprint density at radius 3 is 2.85 bits per heavy atom. The minimum atomic E-state index is -0.175. The van der Waals surface area contributed by atoms with Gasteiger partial charge in [0.05, 0.1) is 17.1 Å². The lowest BCUT2D eigenvalue weighted by Gasteiger charge is -2.43. The fraction of sp³-hybridized carbons (Fsp3) is 0.524. The average molecular weight is 386 g/mol. The van der Waals surface area contributed by atoms with Crippen molar-refractivity contribution in [2.75, 3.05) is 32.8 Å². The molecule has 0 saturated carbocycles. The summed E-state index contributed by atoms with van der Waals surface area (Å²) in [5.41, 5.74) is 2.28. The number of hydrogen-bond donors (Lipinski definition) is 1. The van der Waals surface area contributed by atoms with Crippen molar-refractivity contribution in [3.63, 3.8) is 0 Å². The summed E-state index contributed by atoms with van der Waals surface area (Å²) in [6.07, 6.45) is 7.35. The van der Waals surface area contributed by atoms with Crippen molar-refractivity contribution in [3.8, 4) is 0 Å². The molecule has 1 saturated heterocycles. The van der Waals surface area contributed by atoms with Gasteiger partial charge in [-0.25, -0.2) is 0 Å². The first kappa shape index (κ1) is 18.6. The first-order valence-electron chi connectivity index (χ1n) is 9.87. The fourth-order valence-corrected chi connectivity index (χ4v) is 5.28. The number of fused-ring (bicyclic) bond motifs is 2. The maximum absolute atomic E-state index is 12.7. The molecule has 2 aliphatic heterocycles. The van der Waals surface area contributed by atoms with Crippen LogP contribution >= 0.6 is 11.3 Å². The molecule has 4 heterocycles. The van der Waals surface area contributed by atoms with Crippen molar-refractivity contribution < 1.29 is 9.53 Å². The highest BCUT2D eigenvalue weighted by molar-refractivity contribution is 7.14. The van der Waals surface area contributed by atoms with Crippen molar-refractivity contribution in [1.29, 1.82) is 0 Å². The Morgan fingerprint density at radius 2 is 2.11 bits per heavy atom. The number of carbonyl (C=O) groups is 1. The molecule has 5 nitrogen and oxygen atoms in total. The van der Waals surface area contributed by atoms with E-state index in [2.05, 4.69) is 28.2 Å². The summed E-state index contributed by atoms with van der Waals surface area (Å²) in [5.74, 6) is 0.0320. The average Bonchev–Trinajstić information content (AvgIpc) is 3.16. The van der Waals surface area contributed by atoms with Gasteiger partial charge < -0.3 is 15.0 Å². The summed E-state index contributed by atoms with van der Waals surface area (Å²) in [6.45, 7) is 6.85. The molecular weight excluding hydrogens is 358 g/mol. The second-order valence-corrected chi connectivity index (χ2v) is 8.47. The summed E-state index contributed by atoms with van der Waals surface area (Å²) in [7, 11) is 0. The topological polar surface area (TPSA) is 54.5 Å². The first-order chi connectivity index (χ1) is 13.2. The third kappa shape index (κ3) is 3.93. The highest BCUT2D eigenvalue weighted by atomic mass is 32.1. The van der Waals surface area contributed by atoms with E-state index in [0.717, 1.165) is 56.8 Å². The summed E-state index contributed by atoms with van der Waals surface area (Å²) in [5, 5.41) is 3.07. The Labute approximate surface area is 164 Å². The molecule has 144 valence electrons. The number of nitrogens with one attached hydrogen (secondary N) is 1. The molecule has 0 bridgehead atoms. The molecule has 0 radical (unpaired) electrons. The molecule has 2 aromatic heterocycles. The van der Waals surface area contributed by atoms with E-state index >= 15 is 0 Å². The fourth-order valence-electron chi connectivity index (χ4n) is 4.13. The van der Waals surface area contributed by atoms with Crippen LogP contribution in [0.25, 0.3) is 0 Å². The van der Waals surface area contributed by atoms with Crippen LogP contribution in [0.1, 0.15) is 45.4 Å². The molecule has 1 fully saturated rings. The number of ether oxygens (including phenoxy) is 1. The number of aromatic nitrogens is 1. The summed E-state index contributed by atoms with van der Waals surface area (Å²) in [6, 6.07) is 6.07. The van der Waals surface area contributed by atoms with Crippen molar-refractivity contribution in [1.82, 2.24) is 15.2 Å². The van der Waals surface area contributed by atoms with Gasteiger partial charge in [0.15, 0.2) is 0 Å². The van der Waals surface area contributed by atoms with Gasteiger partial charge in [0.1, 0.15) is 0 Å². The van der Waals surface area contributed by atoms with E-state index in [1.807, 2.05) is 12.1 Å². The minimum Gasteiger partial charge on any atom is -0.370 e. The Kier molecular flexibility index (Phi) is 5.57. The number of nitrogens with zero attached hydrogens (tertiary/aromatic N) is 2. The van der Waals surface area contributed by atoms with Crippen LogP contribution in [-0.2, 0) is 23.2 Å². The lowest BCUT2D eigenvalue weighted by atomic mass is 9.82. The minimum absolute atomic E-state index is 0.0320. The predicted octanol–water partition coefficient (Wildman–Crippen LogP) is 3.00. The van der Waals surface area contributed by atoms with Gasteiger partial charge >= 0.3 is 0 Å². The third-order valence-electron chi connectivity index (χ3n) is 5.79. The van der Waals surface area contributed by atoms with Crippen LogP contribution in [0.5, 0.6) is 0 Å². The van der Waals surface area contributed by atoms with E-state index in [4.69, 9.17) is 4.74 Å². The van der Waals surface area contributed by atoms with E-state index in [9.17, 15) is 4.79 Å². The number of hydrogen-bond acceptors (Lipinski definition) is 5. The molecule has 1 spiro atoms. The summed E-state index contributed by atoms with van der Waals surface area (Å²) in [4.78, 5) is 21.3. The highest BCUT2D eigenvalue weighted by Crippen LogP contribution is 2.44. The molecule has 2 aromatic rings. The van der Waals surface area contributed by atoms with Crippen LogP contribution in [0.2, 0.25) is 0 Å². The normalized spacial score (nSPS) is 19.0. The van der Waals surface area contributed by atoms with Gasteiger partial charge in [0, 0.05) is 43.3 Å². The molecule has 4 rings (SSSR count). The zero-order chi connectivity index (χ0) is 18.7. The SMILES string of the molecule is CCN1CCC2(CC1)OCCc1sc(C(=O)NCCc3ccncc3)cc12. The molecule has 1 N–H and O–H groups in total. The Bertz CT molecular complexity index is 782. The molecule has 6 heteroatoms. The number of piperidine rings is 1. The third-order valence-corrected chi connectivity index (χ3v) is 6.98. The predicted molar refractivity (Wildman–Crippen MR) is 107 cm³/mol. The molecule has 0 unspecified atom stereocenters. The van der Waals surface area contributed by atoms with Crippen LogP contribution in [0.15, 0.2) is 30.6 Å². The van der Waals surface area contributed by atoms with Crippen LogP contribution in [-0.4, -0.2) is 48.6 Å². The molecule has 27 heavy (non-hydrogen) atoms. The van der Waals surface area contributed by atoms with E-state index in [1.165, 1.54) is 16.0 Å². The van der Waals surface area contributed by atoms with Crippen LogP contribution in [0.4, 0.5) is 0 Å². The lowest BCUT2D eigenvalue weighted by Crippen LogP contribution is -2.46. The number of rotatable bonds is 5. The second-order valence-electron chi connectivity index (χ2n) is 7.34. The van der Waals surface area contributed by atoms with Gasteiger partial charge in [-0.05, 0) is 55.1 Å². The highest BCUT2D eigenvalue weighted by Gasteiger charge is 2.42. The zero-order valence-electron chi connectivity index (χ0n) is 15.9.